The topological polar surface area (TPSA) is 108 Å². The zero-order chi connectivity index (χ0) is 13.1. The van der Waals surface area contributed by atoms with Gasteiger partial charge >= 0.3 is 0 Å². The van der Waals surface area contributed by atoms with E-state index in [0.29, 0.717) is 6.54 Å². The molecular weight excluding hydrogens is 238 g/mol. The van der Waals surface area contributed by atoms with Gasteiger partial charge < -0.3 is 9.88 Å². The van der Waals surface area contributed by atoms with E-state index in [-0.39, 0.29) is 17.3 Å². The number of nitro groups is 1. The molecule has 0 atom stereocenters. The van der Waals surface area contributed by atoms with Crippen LogP contribution in [0.2, 0.25) is 0 Å². The van der Waals surface area contributed by atoms with Crippen molar-refractivity contribution in [1.29, 1.82) is 0 Å². The maximum Gasteiger partial charge on any atom is 0.287 e. The monoisotopic (exact) mass is 249 g/mol. The van der Waals surface area contributed by atoms with Crippen molar-refractivity contribution < 1.29 is 9.72 Å². The van der Waals surface area contributed by atoms with Gasteiger partial charge in [0.2, 0.25) is 0 Å². The fraction of sp³-hybridized carbons (Fsp3) is 0.200. The highest BCUT2D eigenvalue weighted by Gasteiger charge is 2.17. The summed E-state index contributed by atoms with van der Waals surface area (Å²) in [7, 11) is 1.61. The van der Waals surface area contributed by atoms with Crippen molar-refractivity contribution in [1.82, 2.24) is 20.1 Å². The molecule has 0 unspecified atom stereocenters. The van der Waals surface area contributed by atoms with E-state index in [2.05, 4.69) is 15.2 Å². The van der Waals surface area contributed by atoms with Crippen LogP contribution in [-0.4, -0.2) is 38.0 Å². The largest absolute Gasteiger partial charge is 0.351 e. The van der Waals surface area contributed by atoms with Gasteiger partial charge in [-0.05, 0) is 0 Å². The van der Waals surface area contributed by atoms with Crippen LogP contribution in [0.25, 0.3) is 0 Å². The number of H-pyrrole nitrogens is 2. The van der Waals surface area contributed by atoms with E-state index in [1.807, 2.05) is 0 Å². The van der Waals surface area contributed by atoms with E-state index >= 15 is 0 Å². The van der Waals surface area contributed by atoms with Gasteiger partial charge in [0, 0.05) is 31.4 Å². The molecule has 1 amide bonds. The molecule has 0 radical (unpaired) electrons. The Morgan fingerprint density at radius 2 is 2.33 bits per heavy atom. The minimum atomic E-state index is -0.552. The maximum absolute atomic E-state index is 11.9. The third-order valence-electron chi connectivity index (χ3n) is 2.43. The van der Waals surface area contributed by atoms with Crippen molar-refractivity contribution >= 4 is 11.6 Å². The van der Waals surface area contributed by atoms with Crippen LogP contribution in [-0.2, 0) is 6.54 Å². The summed E-state index contributed by atoms with van der Waals surface area (Å²) in [5, 5.41) is 16.9. The Kier molecular flexibility index (Phi) is 3.09. The highest BCUT2D eigenvalue weighted by molar-refractivity contribution is 5.92. The van der Waals surface area contributed by atoms with Gasteiger partial charge in [0.05, 0.1) is 17.3 Å². The molecule has 94 valence electrons. The van der Waals surface area contributed by atoms with Crippen molar-refractivity contribution in [3.63, 3.8) is 0 Å². The quantitative estimate of drug-likeness (QED) is 0.620. The third-order valence-corrected chi connectivity index (χ3v) is 2.43. The predicted octanol–water partition coefficient (Wildman–Crippen LogP) is 0.918. The minimum Gasteiger partial charge on any atom is -0.351 e. The Morgan fingerprint density at radius 3 is 2.89 bits per heavy atom. The van der Waals surface area contributed by atoms with E-state index in [9.17, 15) is 14.9 Å². The molecule has 2 aromatic heterocycles. The van der Waals surface area contributed by atoms with Crippen molar-refractivity contribution in [3.05, 3.63) is 46.0 Å². The lowest BCUT2D eigenvalue weighted by Crippen LogP contribution is -2.26. The number of aromatic amines is 2. The van der Waals surface area contributed by atoms with Crippen LogP contribution in [0.3, 0.4) is 0 Å². The molecule has 18 heavy (non-hydrogen) atoms. The second-order valence-corrected chi connectivity index (χ2v) is 3.80. The zero-order valence-electron chi connectivity index (χ0n) is 9.58. The normalized spacial score (nSPS) is 10.3. The summed E-state index contributed by atoms with van der Waals surface area (Å²) in [6.45, 7) is 0.377. The van der Waals surface area contributed by atoms with E-state index in [4.69, 9.17) is 0 Å². The molecule has 0 bridgehead atoms. The molecule has 8 nitrogen and oxygen atoms in total. The lowest BCUT2D eigenvalue weighted by atomic mass is 10.3. The lowest BCUT2D eigenvalue weighted by Gasteiger charge is -2.14. The second-order valence-electron chi connectivity index (χ2n) is 3.80. The van der Waals surface area contributed by atoms with Gasteiger partial charge in [-0.1, -0.05) is 0 Å². The van der Waals surface area contributed by atoms with Gasteiger partial charge in [0.1, 0.15) is 5.69 Å². The number of nitrogens with one attached hydrogen (secondary N) is 2. The number of nitrogens with zero attached hydrogens (tertiary/aromatic N) is 3. The predicted molar refractivity (Wildman–Crippen MR) is 61.8 cm³/mol. The Balaban J connectivity index is 2.08. The Labute approximate surface area is 102 Å². The zero-order valence-corrected chi connectivity index (χ0v) is 9.58. The van der Waals surface area contributed by atoms with Crippen LogP contribution in [0, 0.1) is 10.1 Å². The van der Waals surface area contributed by atoms with E-state index in [1.54, 1.807) is 19.4 Å². The first-order chi connectivity index (χ1) is 8.58. The molecule has 8 heteroatoms. The van der Waals surface area contributed by atoms with E-state index in [1.165, 1.54) is 17.2 Å². The summed E-state index contributed by atoms with van der Waals surface area (Å²) in [6.07, 6.45) is 4.49. The molecule has 2 rings (SSSR count). The summed E-state index contributed by atoms with van der Waals surface area (Å²) in [5.41, 5.74) is 0.912. The van der Waals surface area contributed by atoms with Gasteiger partial charge in [-0.25, -0.2) is 0 Å². The average Bonchev–Trinajstić information content (AvgIpc) is 2.98. The van der Waals surface area contributed by atoms with Gasteiger partial charge in [-0.15, -0.1) is 0 Å². The minimum absolute atomic E-state index is 0.130. The Bertz CT molecular complexity index is 560. The van der Waals surface area contributed by atoms with Crippen molar-refractivity contribution in [2.75, 3.05) is 7.05 Å². The lowest BCUT2D eigenvalue weighted by molar-refractivity contribution is -0.384. The first-order valence-corrected chi connectivity index (χ1v) is 5.14. The molecular formula is C10H11N5O3. The van der Waals surface area contributed by atoms with Crippen molar-refractivity contribution in [2.45, 2.75) is 6.54 Å². The molecule has 0 aromatic carbocycles. The molecule has 0 aliphatic heterocycles. The smallest absolute Gasteiger partial charge is 0.287 e. The van der Waals surface area contributed by atoms with Crippen molar-refractivity contribution in [2.24, 2.45) is 0 Å². The first-order valence-electron chi connectivity index (χ1n) is 5.14. The molecule has 0 spiro atoms. The summed E-state index contributed by atoms with van der Waals surface area (Å²) in [4.78, 5) is 25.9. The number of hydrogen-bond acceptors (Lipinski definition) is 4. The number of amides is 1. The molecule has 2 aromatic rings. The highest BCUT2D eigenvalue weighted by Crippen LogP contribution is 2.14. The molecule has 0 fully saturated rings. The van der Waals surface area contributed by atoms with E-state index < -0.39 is 4.92 Å². The number of aromatic nitrogens is 3. The van der Waals surface area contributed by atoms with Gasteiger partial charge in [-0.3, -0.25) is 20.0 Å². The molecule has 0 saturated carbocycles. The van der Waals surface area contributed by atoms with Gasteiger partial charge in [0.25, 0.3) is 11.6 Å². The highest BCUT2D eigenvalue weighted by atomic mass is 16.6. The third kappa shape index (κ3) is 2.37. The second kappa shape index (κ2) is 4.70. The SMILES string of the molecule is CN(Cc1cn[nH]c1)C(=O)c1cc([N+](=O)[O-])c[nH]1. The summed E-state index contributed by atoms with van der Waals surface area (Å²) in [6, 6.07) is 1.22. The molecule has 2 heterocycles. The van der Waals surface area contributed by atoms with Crippen LogP contribution in [0.15, 0.2) is 24.7 Å². The molecule has 0 aliphatic carbocycles. The van der Waals surface area contributed by atoms with Crippen LogP contribution in [0.5, 0.6) is 0 Å². The van der Waals surface area contributed by atoms with Crippen LogP contribution < -0.4 is 0 Å². The van der Waals surface area contributed by atoms with Crippen LogP contribution in [0.4, 0.5) is 5.69 Å². The Morgan fingerprint density at radius 1 is 1.56 bits per heavy atom. The van der Waals surface area contributed by atoms with Crippen LogP contribution >= 0.6 is 0 Å². The van der Waals surface area contributed by atoms with Gasteiger partial charge in [0.15, 0.2) is 0 Å². The van der Waals surface area contributed by atoms with E-state index in [0.717, 1.165) is 5.56 Å². The molecule has 0 aliphatic rings. The average molecular weight is 249 g/mol. The summed E-state index contributed by atoms with van der Waals surface area (Å²) >= 11 is 0. The molecule has 2 N–H and O–H groups in total. The first kappa shape index (κ1) is 11.8. The standard InChI is InChI=1S/C10H11N5O3/c1-14(6-7-3-12-13-4-7)10(16)9-2-8(5-11-9)15(17)18/h2-5,11H,6H2,1H3,(H,12,13). The number of carbonyl (C=O) groups excluding carboxylic acids is 1. The fourth-order valence-electron chi connectivity index (χ4n) is 1.53. The number of hydrogen-bond donors (Lipinski definition) is 2. The summed E-state index contributed by atoms with van der Waals surface area (Å²) in [5.74, 6) is -0.315. The molecule has 0 saturated heterocycles. The fourth-order valence-corrected chi connectivity index (χ4v) is 1.53. The summed E-state index contributed by atoms with van der Waals surface area (Å²) < 4.78 is 0. The number of carbonyl (C=O) groups is 1. The Hall–Kier alpha value is -2.64. The van der Waals surface area contributed by atoms with Crippen LogP contribution in [0.1, 0.15) is 16.1 Å². The van der Waals surface area contributed by atoms with Crippen molar-refractivity contribution in [3.8, 4) is 0 Å². The van der Waals surface area contributed by atoms with Gasteiger partial charge in [-0.2, -0.15) is 5.10 Å². The maximum atomic E-state index is 11.9. The number of rotatable bonds is 4.